The van der Waals surface area contributed by atoms with Crippen molar-refractivity contribution in [2.24, 2.45) is 0 Å². The third-order valence-electron chi connectivity index (χ3n) is 3.21. The highest BCUT2D eigenvalue weighted by Gasteiger charge is 2.23. The van der Waals surface area contributed by atoms with Gasteiger partial charge in [0.1, 0.15) is 25.1 Å². The molecule has 0 aromatic heterocycles. The molecule has 0 aliphatic carbocycles. The molecule has 3 rings (SSSR count). The monoisotopic (exact) mass is 286 g/mol. The van der Waals surface area contributed by atoms with Crippen molar-refractivity contribution in [1.29, 1.82) is 0 Å². The van der Waals surface area contributed by atoms with E-state index in [4.69, 9.17) is 18.9 Å². The smallest absolute Gasteiger partial charge is 0.164 e. The first-order valence-corrected chi connectivity index (χ1v) is 6.94. The number of rotatable bonds is 7. The van der Waals surface area contributed by atoms with E-state index in [0.717, 1.165) is 17.9 Å². The molecule has 110 valence electrons. The van der Waals surface area contributed by atoms with Crippen LogP contribution in [-0.2, 0) is 11.3 Å². The summed E-state index contributed by atoms with van der Waals surface area (Å²) in [7, 11) is 1.62. The van der Waals surface area contributed by atoms with Gasteiger partial charge in [0.05, 0.1) is 13.7 Å². The van der Waals surface area contributed by atoms with Gasteiger partial charge in [-0.15, -0.1) is 0 Å². The van der Waals surface area contributed by atoms with Gasteiger partial charge < -0.3 is 18.9 Å². The summed E-state index contributed by atoms with van der Waals surface area (Å²) >= 11 is 0. The molecule has 1 fully saturated rings. The van der Waals surface area contributed by atoms with Crippen LogP contribution in [0.15, 0.2) is 48.5 Å². The van der Waals surface area contributed by atoms with Crippen LogP contribution in [-0.4, -0.2) is 26.4 Å². The van der Waals surface area contributed by atoms with Crippen LogP contribution in [0.2, 0.25) is 0 Å². The van der Waals surface area contributed by atoms with Crippen molar-refractivity contribution in [3.05, 3.63) is 54.1 Å². The summed E-state index contributed by atoms with van der Waals surface area (Å²) in [5, 5.41) is 0. The Morgan fingerprint density at radius 1 is 1.05 bits per heavy atom. The maximum absolute atomic E-state index is 5.77. The molecule has 1 aliphatic rings. The highest BCUT2D eigenvalue weighted by Crippen LogP contribution is 2.32. The fraction of sp³-hybridized carbons (Fsp3) is 0.294. The largest absolute Gasteiger partial charge is 0.493 e. The molecular formula is C17H18O4. The van der Waals surface area contributed by atoms with E-state index in [-0.39, 0.29) is 6.10 Å². The first kappa shape index (κ1) is 13.8. The molecule has 4 nitrogen and oxygen atoms in total. The van der Waals surface area contributed by atoms with E-state index in [1.807, 2.05) is 48.5 Å². The number of hydrogen-bond donors (Lipinski definition) is 0. The Labute approximate surface area is 124 Å². The molecule has 4 heteroatoms. The van der Waals surface area contributed by atoms with Crippen molar-refractivity contribution in [3.63, 3.8) is 0 Å². The zero-order valence-electron chi connectivity index (χ0n) is 12.0. The Hall–Kier alpha value is -2.20. The number of methoxy groups -OCH3 is 1. The van der Waals surface area contributed by atoms with E-state index < -0.39 is 0 Å². The molecule has 0 unspecified atom stereocenters. The first-order valence-electron chi connectivity index (χ1n) is 6.94. The van der Waals surface area contributed by atoms with Gasteiger partial charge in [0.25, 0.3) is 0 Å². The predicted octanol–water partition coefficient (Wildman–Crippen LogP) is 3.05. The predicted molar refractivity (Wildman–Crippen MR) is 79.0 cm³/mol. The van der Waals surface area contributed by atoms with Crippen LogP contribution in [0.1, 0.15) is 5.56 Å². The van der Waals surface area contributed by atoms with Crippen LogP contribution >= 0.6 is 0 Å². The van der Waals surface area contributed by atoms with Crippen LogP contribution < -0.4 is 14.2 Å². The summed E-state index contributed by atoms with van der Waals surface area (Å²) in [6.45, 7) is 1.86. The van der Waals surface area contributed by atoms with Crippen molar-refractivity contribution in [3.8, 4) is 17.2 Å². The molecule has 0 amide bonds. The van der Waals surface area contributed by atoms with Gasteiger partial charge in [-0.3, -0.25) is 0 Å². The summed E-state index contributed by atoms with van der Waals surface area (Å²) < 4.78 is 21.9. The molecule has 2 aromatic rings. The second-order valence-electron chi connectivity index (χ2n) is 4.85. The third-order valence-corrected chi connectivity index (χ3v) is 3.21. The van der Waals surface area contributed by atoms with Crippen LogP contribution in [0.4, 0.5) is 0 Å². The zero-order chi connectivity index (χ0) is 14.5. The summed E-state index contributed by atoms with van der Waals surface area (Å²) in [5.74, 6) is 2.13. The van der Waals surface area contributed by atoms with Gasteiger partial charge in [-0.1, -0.05) is 30.3 Å². The van der Waals surface area contributed by atoms with E-state index in [9.17, 15) is 0 Å². The van der Waals surface area contributed by atoms with Crippen LogP contribution in [0.3, 0.4) is 0 Å². The second-order valence-corrected chi connectivity index (χ2v) is 4.85. The average molecular weight is 286 g/mol. The van der Waals surface area contributed by atoms with Gasteiger partial charge in [0.2, 0.25) is 0 Å². The fourth-order valence-corrected chi connectivity index (χ4v) is 1.94. The van der Waals surface area contributed by atoms with Crippen molar-refractivity contribution in [2.75, 3.05) is 20.3 Å². The molecule has 1 atom stereocenters. The highest BCUT2D eigenvalue weighted by molar-refractivity contribution is 5.45. The number of benzene rings is 2. The van der Waals surface area contributed by atoms with Crippen LogP contribution in [0.25, 0.3) is 0 Å². The lowest BCUT2D eigenvalue weighted by Gasteiger charge is -2.12. The van der Waals surface area contributed by atoms with E-state index >= 15 is 0 Å². The summed E-state index contributed by atoms with van der Waals surface area (Å²) in [6, 6.07) is 15.6. The molecule has 0 spiro atoms. The van der Waals surface area contributed by atoms with Gasteiger partial charge in [-0.05, 0) is 17.7 Å². The number of ether oxygens (including phenoxy) is 4. The topological polar surface area (TPSA) is 40.2 Å². The Bertz CT molecular complexity index is 579. The summed E-state index contributed by atoms with van der Waals surface area (Å²) in [6.07, 6.45) is 0.226. The summed E-state index contributed by atoms with van der Waals surface area (Å²) in [5.41, 5.74) is 1.13. The third kappa shape index (κ3) is 3.89. The molecule has 0 N–H and O–H groups in total. The van der Waals surface area contributed by atoms with Crippen molar-refractivity contribution in [2.45, 2.75) is 12.7 Å². The number of hydrogen-bond acceptors (Lipinski definition) is 4. The fourth-order valence-electron chi connectivity index (χ4n) is 1.94. The first-order chi connectivity index (χ1) is 10.3. The lowest BCUT2D eigenvalue weighted by atomic mass is 10.2. The molecular weight excluding hydrogens is 268 g/mol. The highest BCUT2D eigenvalue weighted by atomic mass is 16.6. The minimum absolute atomic E-state index is 0.226. The van der Waals surface area contributed by atoms with E-state index in [1.165, 1.54) is 0 Å². The van der Waals surface area contributed by atoms with Crippen LogP contribution in [0.5, 0.6) is 17.2 Å². The molecule has 2 aromatic carbocycles. The molecule has 0 saturated carbocycles. The van der Waals surface area contributed by atoms with Gasteiger partial charge in [-0.25, -0.2) is 0 Å². The summed E-state index contributed by atoms with van der Waals surface area (Å²) in [4.78, 5) is 0. The molecule has 1 aliphatic heterocycles. The molecule has 1 heterocycles. The molecule has 0 radical (unpaired) electrons. The Morgan fingerprint density at radius 2 is 1.86 bits per heavy atom. The molecule has 0 bridgehead atoms. The standard InChI is InChI=1S/C17H18O4/c1-18-17-9-14(19-10-13-5-3-2-4-6-13)7-8-16(17)21-12-15-11-20-15/h2-9,15H,10-12H2,1H3/t15-/m0/s1. The Kier molecular flexibility index (Phi) is 4.26. The quantitative estimate of drug-likeness (QED) is 0.733. The van der Waals surface area contributed by atoms with E-state index in [1.54, 1.807) is 7.11 Å². The van der Waals surface area contributed by atoms with Crippen molar-refractivity contribution in [1.82, 2.24) is 0 Å². The Morgan fingerprint density at radius 3 is 2.57 bits per heavy atom. The lowest BCUT2D eigenvalue weighted by Crippen LogP contribution is -2.05. The SMILES string of the molecule is COc1cc(OCc2ccccc2)ccc1OC[C@@H]1CO1. The van der Waals surface area contributed by atoms with E-state index in [2.05, 4.69) is 0 Å². The second kappa shape index (κ2) is 6.50. The number of epoxide rings is 1. The molecule has 1 saturated heterocycles. The van der Waals surface area contributed by atoms with Crippen molar-refractivity contribution >= 4 is 0 Å². The maximum Gasteiger partial charge on any atom is 0.164 e. The average Bonchev–Trinajstić information content (AvgIpc) is 3.36. The maximum atomic E-state index is 5.77. The Balaban J connectivity index is 1.62. The van der Waals surface area contributed by atoms with Crippen LogP contribution in [0, 0.1) is 0 Å². The van der Waals surface area contributed by atoms with E-state index in [0.29, 0.717) is 24.7 Å². The van der Waals surface area contributed by atoms with Gasteiger partial charge in [0, 0.05) is 6.07 Å². The molecule has 21 heavy (non-hydrogen) atoms. The van der Waals surface area contributed by atoms with Gasteiger partial charge in [-0.2, -0.15) is 0 Å². The minimum Gasteiger partial charge on any atom is -0.493 e. The lowest BCUT2D eigenvalue weighted by molar-refractivity contribution is 0.250. The zero-order valence-corrected chi connectivity index (χ0v) is 12.0. The van der Waals surface area contributed by atoms with Gasteiger partial charge >= 0.3 is 0 Å². The van der Waals surface area contributed by atoms with Crippen molar-refractivity contribution < 1.29 is 18.9 Å². The minimum atomic E-state index is 0.226. The van der Waals surface area contributed by atoms with Gasteiger partial charge in [0.15, 0.2) is 11.5 Å². The normalized spacial score (nSPS) is 16.3.